The topological polar surface area (TPSA) is 57.7 Å². The number of nitrogens with one attached hydrogen (secondary N) is 1. The van der Waals surface area contributed by atoms with Gasteiger partial charge in [-0.2, -0.15) is 4.79 Å². The molecule has 0 aromatic heterocycles. The van der Waals surface area contributed by atoms with Crippen molar-refractivity contribution in [1.29, 1.82) is 0 Å². The summed E-state index contributed by atoms with van der Waals surface area (Å²) < 4.78 is 5.07. The van der Waals surface area contributed by atoms with E-state index in [1.807, 2.05) is 13.1 Å². The molecule has 4 nitrogen and oxygen atoms in total. The molecule has 0 atom stereocenters. The van der Waals surface area contributed by atoms with Gasteiger partial charge in [-0.15, -0.1) is 0 Å². The van der Waals surface area contributed by atoms with Crippen LogP contribution in [0.15, 0.2) is 23.6 Å². The molecule has 0 amide bonds. The van der Waals surface area contributed by atoms with Crippen LogP contribution in [0.4, 0.5) is 0 Å². The molecule has 0 aromatic carbocycles. The van der Waals surface area contributed by atoms with Crippen molar-refractivity contribution in [2.24, 2.45) is 0 Å². The Morgan fingerprint density at radius 1 is 1.67 bits per heavy atom. The summed E-state index contributed by atoms with van der Waals surface area (Å²) in [6.45, 7) is 0. The van der Waals surface area contributed by atoms with E-state index in [9.17, 15) is 0 Å². The van der Waals surface area contributed by atoms with Gasteiger partial charge >= 0.3 is 0 Å². The molecule has 1 aliphatic rings. The summed E-state index contributed by atoms with van der Waals surface area (Å²) in [5.74, 6) is 0.691. The third-order valence-electron chi connectivity index (χ3n) is 1.70. The molecule has 0 saturated heterocycles. The SMILES string of the molecule is CNC1=CCC(=[N+]=[N-])C=C1OC. The van der Waals surface area contributed by atoms with Crippen LogP contribution in [0.2, 0.25) is 0 Å². The van der Waals surface area contributed by atoms with Gasteiger partial charge in [-0.3, -0.25) is 0 Å². The maximum atomic E-state index is 8.50. The zero-order valence-electron chi connectivity index (χ0n) is 7.16. The number of allylic oxidation sites excluding steroid dienone is 2. The summed E-state index contributed by atoms with van der Waals surface area (Å²) in [5.41, 5.74) is 10.0. The summed E-state index contributed by atoms with van der Waals surface area (Å²) in [6, 6.07) is 0. The molecular weight excluding hydrogens is 154 g/mol. The molecule has 1 aliphatic carbocycles. The van der Waals surface area contributed by atoms with Crippen molar-refractivity contribution in [1.82, 2.24) is 5.32 Å². The number of hydrogen-bond acceptors (Lipinski definition) is 2. The molecule has 64 valence electrons. The quantitative estimate of drug-likeness (QED) is 0.483. The molecule has 0 fully saturated rings. The summed E-state index contributed by atoms with van der Waals surface area (Å²) in [4.78, 5) is 3.10. The number of nitrogens with zero attached hydrogens (tertiary/aromatic N) is 2. The molecular formula is C8H11N3O. The number of likely N-dealkylation sites (N-methyl/N-ethyl adjacent to an activating group) is 1. The van der Waals surface area contributed by atoms with Crippen LogP contribution in [-0.4, -0.2) is 24.7 Å². The first-order valence-electron chi connectivity index (χ1n) is 3.66. The van der Waals surface area contributed by atoms with Crippen molar-refractivity contribution in [3.8, 4) is 0 Å². The van der Waals surface area contributed by atoms with Crippen molar-refractivity contribution < 1.29 is 9.53 Å². The third-order valence-corrected chi connectivity index (χ3v) is 1.70. The van der Waals surface area contributed by atoms with Gasteiger partial charge in [0, 0.05) is 7.05 Å². The van der Waals surface area contributed by atoms with E-state index in [2.05, 4.69) is 10.1 Å². The molecule has 12 heavy (non-hydrogen) atoms. The van der Waals surface area contributed by atoms with Gasteiger partial charge in [-0.1, -0.05) is 0 Å². The highest BCUT2D eigenvalue weighted by Crippen LogP contribution is 2.13. The van der Waals surface area contributed by atoms with Crippen LogP contribution in [0.3, 0.4) is 0 Å². The molecule has 0 spiro atoms. The first kappa shape index (κ1) is 8.56. The van der Waals surface area contributed by atoms with Gasteiger partial charge in [0.1, 0.15) is 5.76 Å². The van der Waals surface area contributed by atoms with E-state index in [1.54, 1.807) is 13.2 Å². The van der Waals surface area contributed by atoms with Crippen LogP contribution in [0.1, 0.15) is 6.42 Å². The van der Waals surface area contributed by atoms with Gasteiger partial charge in [0.05, 0.1) is 25.3 Å². The Balaban J connectivity index is 2.93. The van der Waals surface area contributed by atoms with Crippen molar-refractivity contribution in [3.63, 3.8) is 0 Å². The maximum Gasteiger partial charge on any atom is 0.299 e. The lowest BCUT2D eigenvalue weighted by atomic mass is 10.1. The predicted molar refractivity (Wildman–Crippen MR) is 45.5 cm³/mol. The summed E-state index contributed by atoms with van der Waals surface area (Å²) in [6.07, 6.45) is 4.24. The molecule has 1 N–H and O–H groups in total. The molecule has 0 radical (unpaired) electrons. The monoisotopic (exact) mass is 165 g/mol. The van der Waals surface area contributed by atoms with Crippen molar-refractivity contribution >= 4 is 5.71 Å². The Bertz CT molecular complexity index is 285. The standard InChI is InChI=1S/C8H11N3O/c1-10-7-4-3-6(11-9)5-8(7)12-2/h4-5,10H,3H2,1-2H3. The fourth-order valence-corrected chi connectivity index (χ4v) is 1.06. The van der Waals surface area contributed by atoms with Gasteiger partial charge in [-0.25, -0.2) is 0 Å². The van der Waals surface area contributed by atoms with Crippen LogP contribution in [0, 0.1) is 0 Å². The zero-order chi connectivity index (χ0) is 8.97. The number of ether oxygens (including phenoxy) is 1. The van der Waals surface area contributed by atoms with Crippen LogP contribution in [-0.2, 0) is 4.74 Å². The Kier molecular flexibility index (Phi) is 2.66. The van der Waals surface area contributed by atoms with Crippen LogP contribution < -0.4 is 5.32 Å². The molecule has 0 bridgehead atoms. The van der Waals surface area contributed by atoms with Gasteiger partial charge in [0.15, 0.2) is 0 Å². The van der Waals surface area contributed by atoms with E-state index in [0.717, 1.165) is 5.70 Å². The van der Waals surface area contributed by atoms with Crippen LogP contribution >= 0.6 is 0 Å². The average Bonchev–Trinajstić information content (AvgIpc) is 2.16. The van der Waals surface area contributed by atoms with Crippen molar-refractivity contribution in [2.75, 3.05) is 14.2 Å². The lowest BCUT2D eigenvalue weighted by Gasteiger charge is -2.11. The largest absolute Gasteiger partial charge is 0.494 e. The van der Waals surface area contributed by atoms with Crippen LogP contribution in [0.5, 0.6) is 0 Å². The van der Waals surface area contributed by atoms with Gasteiger partial charge < -0.3 is 15.6 Å². The van der Waals surface area contributed by atoms with Gasteiger partial charge in [-0.05, 0) is 6.08 Å². The van der Waals surface area contributed by atoms with E-state index < -0.39 is 0 Å². The smallest absolute Gasteiger partial charge is 0.299 e. The Morgan fingerprint density at radius 2 is 2.42 bits per heavy atom. The minimum absolute atomic E-state index is 0.603. The fourth-order valence-electron chi connectivity index (χ4n) is 1.06. The zero-order valence-corrected chi connectivity index (χ0v) is 7.16. The minimum Gasteiger partial charge on any atom is -0.494 e. The Hall–Kier alpha value is -1.54. The molecule has 1 rings (SSSR count). The Labute approximate surface area is 71.2 Å². The van der Waals surface area contributed by atoms with Gasteiger partial charge in [0.2, 0.25) is 0 Å². The Morgan fingerprint density at radius 3 is 2.92 bits per heavy atom. The second-order valence-corrected chi connectivity index (χ2v) is 2.38. The highest BCUT2D eigenvalue weighted by molar-refractivity contribution is 5.93. The number of hydrogen-bond donors (Lipinski definition) is 1. The third kappa shape index (κ3) is 1.54. The molecule has 0 unspecified atom stereocenters. The molecule has 0 aromatic rings. The predicted octanol–water partition coefficient (Wildman–Crippen LogP) is 0.694. The second kappa shape index (κ2) is 3.74. The maximum absolute atomic E-state index is 8.50. The lowest BCUT2D eigenvalue weighted by molar-refractivity contribution is -0.00578. The normalized spacial score (nSPS) is 16.0. The molecule has 0 aliphatic heterocycles. The molecule has 0 heterocycles. The number of rotatable bonds is 2. The van der Waals surface area contributed by atoms with E-state index >= 15 is 0 Å². The first-order chi connectivity index (χ1) is 5.81. The van der Waals surface area contributed by atoms with Crippen molar-refractivity contribution in [2.45, 2.75) is 6.42 Å². The average molecular weight is 165 g/mol. The van der Waals surface area contributed by atoms with E-state index in [-0.39, 0.29) is 0 Å². The van der Waals surface area contributed by atoms with Gasteiger partial charge in [0.25, 0.3) is 5.71 Å². The first-order valence-corrected chi connectivity index (χ1v) is 3.66. The second-order valence-electron chi connectivity index (χ2n) is 2.38. The fraction of sp³-hybridized carbons (Fsp3) is 0.375. The number of methoxy groups -OCH3 is 1. The summed E-state index contributed by atoms with van der Waals surface area (Å²) in [5, 5.41) is 2.98. The van der Waals surface area contributed by atoms with E-state index in [1.165, 1.54) is 0 Å². The lowest BCUT2D eigenvalue weighted by Crippen LogP contribution is -2.15. The van der Waals surface area contributed by atoms with E-state index in [0.29, 0.717) is 17.9 Å². The minimum atomic E-state index is 0.603. The summed E-state index contributed by atoms with van der Waals surface area (Å²) in [7, 11) is 3.40. The molecule has 4 heteroatoms. The van der Waals surface area contributed by atoms with Crippen molar-refractivity contribution in [3.05, 3.63) is 29.1 Å². The van der Waals surface area contributed by atoms with Crippen LogP contribution in [0.25, 0.3) is 5.53 Å². The highest BCUT2D eigenvalue weighted by atomic mass is 16.5. The highest BCUT2D eigenvalue weighted by Gasteiger charge is 2.15. The molecule has 0 saturated carbocycles. The summed E-state index contributed by atoms with van der Waals surface area (Å²) >= 11 is 0. The van der Waals surface area contributed by atoms with E-state index in [4.69, 9.17) is 10.3 Å².